The normalized spacial score (nSPS) is 14.5. The first kappa shape index (κ1) is 21.0. The van der Waals surface area contributed by atoms with Crippen molar-refractivity contribution in [2.45, 2.75) is 18.2 Å². The van der Waals surface area contributed by atoms with Crippen LogP contribution in [0.3, 0.4) is 0 Å². The van der Waals surface area contributed by atoms with Gasteiger partial charge in [-0.15, -0.1) is 11.3 Å². The summed E-state index contributed by atoms with van der Waals surface area (Å²) in [4.78, 5) is 28.1. The second-order valence-electron chi connectivity index (χ2n) is 6.89. The molecule has 3 N–H and O–H groups in total. The van der Waals surface area contributed by atoms with Crippen molar-refractivity contribution in [3.63, 3.8) is 0 Å². The molecule has 3 aromatic rings. The Hall–Kier alpha value is -3.27. The maximum absolute atomic E-state index is 13.3. The number of nitrogens with two attached hydrogens (primary N) is 1. The number of hydrogen-bond acceptors (Lipinski definition) is 6. The van der Waals surface area contributed by atoms with Crippen LogP contribution in [0.15, 0.2) is 76.6 Å². The number of sulfonamides is 1. The van der Waals surface area contributed by atoms with Crippen LogP contribution in [-0.4, -0.2) is 20.2 Å². The first-order chi connectivity index (χ1) is 14.8. The third-order valence-corrected chi connectivity index (χ3v) is 6.72. The van der Waals surface area contributed by atoms with E-state index in [0.717, 1.165) is 16.9 Å². The molecular weight excluding hydrogens is 434 g/mol. The molecule has 2 aromatic carbocycles. The highest BCUT2D eigenvalue weighted by Gasteiger charge is 2.40. The highest BCUT2D eigenvalue weighted by Crippen LogP contribution is 2.35. The van der Waals surface area contributed by atoms with E-state index < -0.39 is 21.8 Å². The Labute approximate surface area is 183 Å². The van der Waals surface area contributed by atoms with E-state index in [4.69, 9.17) is 5.14 Å². The van der Waals surface area contributed by atoms with Gasteiger partial charge in [0.2, 0.25) is 10.0 Å². The van der Waals surface area contributed by atoms with Crippen molar-refractivity contribution in [1.29, 1.82) is 0 Å². The third-order valence-electron chi connectivity index (χ3n) is 4.91. The van der Waals surface area contributed by atoms with Crippen LogP contribution in [0.4, 0.5) is 11.4 Å². The van der Waals surface area contributed by atoms with Crippen LogP contribution in [0, 0.1) is 0 Å². The third kappa shape index (κ3) is 4.02. The SMILES string of the molecule is CCc1ccc(NC2=C(c3cccs3)C(=O)N(c3ccc(S(N)(=O)=O)cc3)C2=O)cc1. The van der Waals surface area contributed by atoms with Crippen LogP contribution in [-0.2, 0) is 26.0 Å². The average Bonchev–Trinajstić information content (AvgIpc) is 3.35. The Bertz CT molecular complexity index is 1280. The van der Waals surface area contributed by atoms with E-state index in [1.54, 1.807) is 6.07 Å². The summed E-state index contributed by atoms with van der Waals surface area (Å²) < 4.78 is 23.0. The number of amides is 2. The summed E-state index contributed by atoms with van der Waals surface area (Å²) in [7, 11) is -3.88. The number of carbonyl (C=O) groups is 2. The van der Waals surface area contributed by atoms with Crippen LogP contribution in [0.5, 0.6) is 0 Å². The quantitative estimate of drug-likeness (QED) is 0.556. The lowest BCUT2D eigenvalue weighted by Gasteiger charge is -2.15. The maximum atomic E-state index is 13.3. The smallest absolute Gasteiger partial charge is 0.282 e. The Kier molecular flexibility index (Phi) is 5.48. The van der Waals surface area contributed by atoms with Gasteiger partial charge in [-0.05, 0) is 59.8 Å². The first-order valence-corrected chi connectivity index (χ1v) is 11.9. The van der Waals surface area contributed by atoms with Gasteiger partial charge in [0.05, 0.1) is 16.2 Å². The van der Waals surface area contributed by atoms with Gasteiger partial charge in [0.1, 0.15) is 5.70 Å². The molecule has 2 amide bonds. The molecule has 0 saturated carbocycles. The molecule has 0 atom stereocenters. The van der Waals surface area contributed by atoms with Crippen molar-refractivity contribution >= 4 is 50.1 Å². The highest BCUT2D eigenvalue weighted by atomic mass is 32.2. The van der Waals surface area contributed by atoms with Crippen LogP contribution < -0.4 is 15.4 Å². The van der Waals surface area contributed by atoms with Gasteiger partial charge in [0, 0.05) is 10.6 Å². The minimum absolute atomic E-state index is 0.101. The van der Waals surface area contributed by atoms with Gasteiger partial charge in [0.15, 0.2) is 0 Å². The molecule has 4 rings (SSSR count). The Morgan fingerprint density at radius 1 is 0.968 bits per heavy atom. The fraction of sp³-hybridized carbons (Fsp3) is 0.0909. The molecule has 1 aromatic heterocycles. The molecule has 9 heteroatoms. The van der Waals surface area contributed by atoms with Crippen molar-refractivity contribution in [3.05, 3.63) is 82.2 Å². The number of hydrogen-bond donors (Lipinski definition) is 2. The van der Waals surface area contributed by atoms with E-state index in [2.05, 4.69) is 12.2 Å². The molecule has 7 nitrogen and oxygen atoms in total. The van der Waals surface area contributed by atoms with Crippen molar-refractivity contribution in [2.75, 3.05) is 10.2 Å². The number of aryl methyl sites for hydroxylation is 1. The maximum Gasteiger partial charge on any atom is 0.282 e. The molecule has 2 heterocycles. The zero-order valence-electron chi connectivity index (χ0n) is 16.5. The van der Waals surface area contributed by atoms with E-state index in [0.29, 0.717) is 10.6 Å². The standard InChI is InChI=1S/C22H19N3O4S2/c1-2-14-5-7-15(8-6-14)24-20-19(18-4-3-13-30-18)21(26)25(22(20)27)16-9-11-17(12-10-16)31(23,28)29/h3-13,24H,2H2,1H3,(H2,23,28,29). The minimum Gasteiger partial charge on any atom is -0.350 e. The summed E-state index contributed by atoms with van der Waals surface area (Å²) in [6.07, 6.45) is 0.892. The molecule has 0 bridgehead atoms. The number of primary sulfonamides is 1. The molecule has 0 spiro atoms. The fourth-order valence-electron chi connectivity index (χ4n) is 3.28. The number of anilines is 2. The Balaban J connectivity index is 1.73. The second-order valence-corrected chi connectivity index (χ2v) is 9.40. The average molecular weight is 454 g/mol. The molecule has 0 aliphatic carbocycles. The molecule has 0 saturated heterocycles. The number of thiophene rings is 1. The first-order valence-electron chi connectivity index (χ1n) is 9.45. The zero-order valence-corrected chi connectivity index (χ0v) is 18.2. The lowest BCUT2D eigenvalue weighted by molar-refractivity contribution is -0.120. The monoisotopic (exact) mass is 453 g/mol. The molecule has 1 aliphatic rings. The summed E-state index contributed by atoms with van der Waals surface area (Å²) in [5.41, 5.74) is 2.55. The van der Waals surface area contributed by atoms with Gasteiger partial charge < -0.3 is 5.32 Å². The van der Waals surface area contributed by atoms with E-state index in [9.17, 15) is 18.0 Å². The van der Waals surface area contributed by atoms with Crippen LogP contribution in [0.2, 0.25) is 0 Å². The van der Waals surface area contributed by atoms with E-state index in [1.165, 1.54) is 35.6 Å². The number of carbonyl (C=O) groups excluding carboxylic acids is 2. The molecule has 1 aliphatic heterocycles. The van der Waals surface area contributed by atoms with E-state index in [-0.39, 0.29) is 21.9 Å². The number of rotatable bonds is 6. The van der Waals surface area contributed by atoms with Gasteiger partial charge >= 0.3 is 0 Å². The number of nitrogens with one attached hydrogen (secondary N) is 1. The van der Waals surface area contributed by atoms with Gasteiger partial charge in [0.25, 0.3) is 11.8 Å². The minimum atomic E-state index is -3.88. The number of benzene rings is 2. The summed E-state index contributed by atoms with van der Waals surface area (Å²) in [5.74, 6) is -1.00. The zero-order chi connectivity index (χ0) is 22.2. The van der Waals surface area contributed by atoms with Gasteiger partial charge in [-0.1, -0.05) is 25.1 Å². The molecule has 0 radical (unpaired) electrons. The van der Waals surface area contributed by atoms with Gasteiger partial charge in [-0.3, -0.25) is 9.59 Å². The van der Waals surface area contributed by atoms with Crippen molar-refractivity contribution in [2.24, 2.45) is 5.14 Å². The van der Waals surface area contributed by atoms with E-state index >= 15 is 0 Å². The molecule has 31 heavy (non-hydrogen) atoms. The van der Waals surface area contributed by atoms with Gasteiger partial charge in [-0.25, -0.2) is 18.5 Å². The molecule has 0 fully saturated rings. The Morgan fingerprint density at radius 2 is 1.65 bits per heavy atom. The predicted molar refractivity (Wildman–Crippen MR) is 121 cm³/mol. The molecular formula is C22H19N3O4S2. The largest absolute Gasteiger partial charge is 0.350 e. The summed E-state index contributed by atoms with van der Waals surface area (Å²) >= 11 is 1.36. The Morgan fingerprint density at radius 3 is 2.19 bits per heavy atom. The lowest BCUT2D eigenvalue weighted by Crippen LogP contribution is -2.32. The van der Waals surface area contributed by atoms with Crippen LogP contribution in [0.25, 0.3) is 5.57 Å². The van der Waals surface area contributed by atoms with Crippen molar-refractivity contribution < 1.29 is 18.0 Å². The molecule has 158 valence electrons. The number of nitrogens with zero attached hydrogens (tertiary/aromatic N) is 1. The lowest BCUT2D eigenvalue weighted by atomic mass is 10.1. The van der Waals surface area contributed by atoms with Gasteiger partial charge in [-0.2, -0.15) is 0 Å². The van der Waals surface area contributed by atoms with Crippen molar-refractivity contribution in [3.8, 4) is 0 Å². The van der Waals surface area contributed by atoms with E-state index in [1.807, 2.05) is 35.7 Å². The number of imide groups is 1. The summed E-state index contributed by atoms with van der Waals surface area (Å²) in [6, 6.07) is 16.5. The summed E-state index contributed by atoms with van der Waals surface area (Å²) in [6.45, 7) is 2.05. The van der Waals surface area contributed by atoms with Crippen molar-refractivity contribution in [1.82, 2.24) is 0 Å². The predicted octanol–water partition coefficient (Wildman–Crippen LogP) is 3.35. The second kappa shape index (κ2) is 8.10. The van der Waals surface area contributed by atoms with Crippen LogP contribution >= 0.6 is 11.3 Å². The molecule has 0 unspecified atom stereocenters. The highest BCUT2D eigenvalue weighted by molar-refractivity contribution is 7.89. The summed E-state index contributed by atoms with van der Waals surface area (Å²) in [5, 5.41) is 10.1. The topological polar surface area (TPSA) is 110 Å². The fourth-order valence-corrected chi connectivity index (χ4v) is 4.57. The van der Waals surface area contributed by atoms with Crippen LogP contribution in [0.1, 0.15) is 17.4 Å².